The lowest BCUT2D eigenvalue weighted by Crippen LogP contribution is -2.27. The average molecular weight is 293 g/mol. The SMILES string of the molecule is CCS(=O)OON(C)C(=O)c1cccc2ccccc12. The lowest BCUT2D eigenvalue weighted by molar-refractivity contribution is -0.328. The third-order valence-electron chi connectivity index (χ3n) is 2.76. The first kappa shape index (κ1) is 14.6. The van der Waals surface area contributed by atoms with Crippen molar-refractivity contribution in [2.24, 2.45) is 0 Å². The number of carbonyl (C=O) groups is 1. The molecule has 0 aromatic heterocycles. The molecule has 0 bridgehead atoms. The molecule has 0 aliphatic rings. The van der Waals surface area contributed by atoms with E-state index in [1.54, 1.807) is 19.1 Å². The first-order valence-electron chi connectivity index (χ1n) is 6.12. The zero-order valence-corrected chi connectivity index (χ0v) is 12.1. The maximum absolute atomic E-state index is 12.3. The van der Waals surface area contributed by atoms with Gasteiger partial charge in [0.15, 0.2) is 11.1 Å². The van der Waals surface area contributed by atoms with Gasteiger partial charge in [-0.25, -0.2) is 4.21 Å². The van der Waals surface area contributed by atoms with Gasteiger partial charge in [0.05, 0.1) is 0 Å². The van der Waals surface area contributed by atoms with E-state index in [9.17, 15) is 9.00 Å². The largest absolute Gasteiger partial charge is 0.280 e. The maximum atomic E-state index is 12.3. The Bertz CT molecular complexity index is 639. The van der Waals surface area contributed by atoms with Crippen molar-refractivity contribution >= 4 is 27.8 Å². The maximum Gasteiger partial charge on any atom is 0.280 e. The van der Waals surface area contributed by atoms with Crippen LogP contribution in [0.4, 0.5) is 0 Å². The lowest BCUT2D eigenvalue weighted by Gasteiger charge is -2.15. The molecule has 2 aromatic rings. The Hall–Kier alpha value is -1.76. The van der Waals surface area contributed by atoms with E-state index in [1.165, 1.54) is 7.05 Å². The Morgan fingerprint density at radius 3 is 2.65 bits per heavy atom. The topological polar surface area (TPSA) is 55.8 Å². The summed E-state index contributed by atoms with van der Waals surface area (Å²) in [5.74, 6) is -0.0778. The van der Waals surface area contributed by atoms with Crippen LogP contribution < -0.4 is 0 Å². The number of hydrogen-bond acceptors (Lipinski definition) is 4. The van der Waals surface area contributed by atoms with Crippen molar-refractivity contribution in [1.82, 2.24) is 5.06 Å². The fourth-order valence-electron chi connectivity index (χ4n) is 1.74. The molecule has 2 rings (SSSR count). The summed E-state index contributed by atoms with van der Waals surface area (Å²) >= 11 is -1.56. The molecule has 5 nitrogen and oxygen atoms in total. The Morgan fingerprint density at radius 2 is 1.90 bits per heavy atom. The molecule has 1 unspecified atom stereocenters. The number of hydroxylamine groups is 2. The van der Waals surface area contributed by atoms with Gasteiger partial charge in [-0.15, -0.1) is 4.33 Å². The second kappa shape index (κ2) is 6.60. The minimum absolute atomic E-state index is 0.288. The standard InChI is InChI=1S/C14H15NO4S/c1-3-20(17)19-18-15(2)14(16)13-10-6-8-11-7-4-5-9-12(11)13/h4-10H,3H2,1-2H3. The monoisotopic (exact) mass is 293 g/mol. The Balaban J connectivity index is 2.21. The van der Waals surface area contributed by atoms with Gasteiger partial charge in [-0.1, -0.05) is 48.3 Å². The van der Waals surface area contributed by atoms with E-state index in [-0.39, 0.29) is 11.7 Å². The summed E-state index contributed by atoms with van der Waals surface area (Å²) < 4.78 is 15.7. The molecule has 0 aliphatic carbocycles. The highest BCUT2D eigenvalue weighted by Gasteiger charge is 2.16. The third kappa shape index (κ3) is 3.22. The third-order valence-corrected chi connectivity index (χ3v) is 3.44. The van der Waals surface area contributed by atoms with Crippen LogP contribution in [0.3, 0.4) is 0 Å². The molecule has 2 aromatic carbocycles. The number of fused-ring (bicyclic) bond motifs is 1. The minimum Gasteiger partial charge on any atom is -0.267 e. The van der Waals surface area contributed by atoms with E-state index in [0.29, 0.717) is 5.56 Å². The lowest BCUT2D eigenvalue weighted by atomic mass is 10.0. The molecule has 0 fully saturated rings. The molecule has 6 heteroatoms. The molecule has 1 atom stereocenters. The first-order valence-corrected chi connectivity index (χ1v) is 7.37. The highest BCUT2D eigenvalue weighted by molar-refractivity contribution is 7.80. The quantitative estimate of drug-likeness (QED) is 0.627. The smallest absolute Gasteiger partial charge is 0.267 e. The molecular formula is C14H15NO4S. The van der Waals surface area contributed by atoms with Gasteiger partial charge in [-0.05, 0) is 16.8 Å². The zero-order valence-electron chi connectivity index (χ0n) is 11.2. The van der Waals surface area contributed by atoms with E-state index >= 15 is 0 Å². The van der Waals surface area contributed by atoms with Gasteiger partial charge in [-0.3, -0.25) is 4.79 Å². The number of amides is 1. The van der Waals surface area contributed by atoms with E-state index < -0.39 is 11.1 Å². The van der Waals surface area contributed by atoms with Gasteiger partial charge in [0.1, 0.15) is 0 Å². The van der Waals surface area contributed by atoms with Crippen LogP contribution in [0.1, 0.15) is 17.3 Å². The van der Waals surface area contributed by atoms with Crippen molar-refractivity contribution < 1.29 is 18.3 Å². The van der Waals surface area contributed by atoms with Crippen molar-refractivity contribution in [2.45, 2.75) is 6.92 Å². The molecule has 0 saturated heterocycles. The second-order valence-electron chi connectivity index (χ2n) is 4.06. The molecule has 0 saturated carbocycles. The van der Waals surface area contributed by atoms with Crippen molar-refractivity contribution in [3.63, 3.8) is 0 Å². The average Bonchev–Trinajstić information content (AvgIpc) is 2.50. The van der Waals surface area contributed by atoms with Gasteiger partial charge < -0.3 is 0 Å². The molecule has 106 valence electrons. The van der Waals surface area contributed by atoms with Gasteiger partial charge >= 0.3 is 0 Å². The predicted molar refractivity (Wildman–Crippen MR) is 76.9 cm³/mol. The van der Waals surface area contributed by atoms with Crippen LogP contribution in [-0.2, 0) is 20.4 Å². The van der Waals surface area contributed by atoms with Crippen LogP contribution in [-0.4, -0.2) is 28.0 Å². The van der Waals surface area contributed by atoms with Crippen molar-refractivity contribution in [3.8, 4) is 0 Å². The summed E-state index contributed by atoms with van der Waals surface area (Å²) in [6.45, 7) is 1.69. The van der Waals surface area contributed by atoms with Crippen LogP contribution >= 0.6 is 0 Å². The van der Waals surface area contributed by atoms with Crippen molar-refractivity contribution in [1.29, 1.82) is 0 Å². The van der Waals surface area contributed by atoms with Crippen LogP contribution in [0.2, 0.25) is 0 Å². The van der Waals surface area contributed by atoms with Gasteiger partial charge in [-0.2, -0.15) is 5.06 Å². The van der Waals surface area contributed by atoms with Crippen molar-refractivity contribution in [3.05, 3.63) is 48.0 Å². The summed E-state index contributed by atoms with van der Waals surface area (Å²) in [6.07, 6.45) is 0. The summed E-state index contributed by atoms with van der Waals surface area (Å²) in [6, 6.07) is 13.0. The minimum atomic E-state index is -1.56. The van der Waals surface area contributed by atoms with Crippen LogP contribution in [0, 0.1) is 0 Å². The highest BCUT2D eigenvalue weighted by atomic mass is 32.2. The summed E-state index contributed by atoms with van der Waals surface area (Å²) in [7, 11) is 1.41. The van der Waals surface area contributed by atoms with E-state index in [0.717, 1.165) is 15.8 Å². The normalized spacial score (nSPS) is 12.3. The van der Waals surface area contributed by atoms with Crippen LogP contribution in [0.25, 0.3) is 10.8 Å². The highest BCUT2D eigenvalue weighted by Crippen LogP contribution is 2.19. The second-order valence-corrected chi connectivity index (χ2v) is 5.39. The number of carbonyl (C=O) groups excluding carboxylic acids is 1. The number of benzene rings is 2. The molecule has 0 heterocycles. The molecule has 0 aliphatic heterocycles. The van der Waals surface area contributed by atoms with Crippen LogP contribution in [0.5, 0.6) is 0 Å². The molecule has 0 radical (unpaired) electrons. The number of hydrogen-bond donors (Lipinski definition) is 0. The molecule has 0 spiro atoms. The molecule has 1 amide bonds. The molecular weight excluding hydrogens is 278 g/mol. The van der Waals surface area contributed by atoms with Gasteiger partial charge in [0, 0.05) is 18.4 Å². The van der Waals surface area contributed by atoms with E-state index in [4.69, 9.17) is 4.99 Å². The fraction of sp³-hybridized carbons (Fsp3) is 0.214. The van der Waals surface area contributed by atoms with E-state index in [2.05, 4.69) is 4.33 Å². The summed E-state index contributed by atoms with van der Waals surface area (Å²) in [5.41, 5.74) is 0.497. The Labute approximate surface area is 119 Å². The van der Waals surface area contributed by atoms with Gasteiger partial charge in [0.2, 0.25) is 0 Å². The molecule has 0 N–H and O–H groups in total. The number of nitrogens with zero attached hydrogens (tertiary/aromatic N) is 1. The summed E-state index contributed by atoms with van der Waals surface area (Å²) in [5, 5.41) is 2.71. The predicted octanol–water partition coefficient (Wildman–Crippen LogP) is 2.46. The van der Waals surface area contributed by atoms with E-state index in [1.807, 2.05) is 30.3 Å². The van der Waals surface area contributed by atoms with Crippen molar-refractivity contribution in [2.75, 3.05) is 12.8 Å². The summed E-state index contributed by atoms with van der Waals surface area (Å²) in [4.78, 5) is 17.0. The number of rotatable bonds is 5. The molecule has 20 heavy (non-hydrogen) atoms. The Kier molecular flexibility index (Phi) is 4.84. The zero-order chi connectivity index (χ0) is 14.5. The first-order chi connectivity index (χ1) is 9.63. The Morgan fingerprint density at radius 1 is 1.20 bits per heavy atom. The van der Waals surface area contributed by atoms with Gasteiger partial charge in [0.25, 0.3) is 5.91 Å². The van der Waals surface area contributed by atoms with Crippen LogP contribution in [0.15, 0.2) is 42.5 Å². The fourth-order valence-corrected chi connectivity index (χ4v) is 2.00.